The van der Waals surface area contributed by atoms with E-state index in [0.717, 1.165) is 77.0 Å². The van der Waals surface area contributed by atoms with E-state index in [0.29, 0.717) is 6.04 Å². The number of hydrogen-bond donors (Lipinski definition) is 0. The lowest BCUT2D eigenvalue weighted by atomic mass is 9.79. The van der Waals surface area contributed by atoms with Crippen LogP contribution >= 0.6 is 11.3 Å². The van der Waals surface area contributed by atoms with E-state index in [1.54, 1.807) is 11.8 Å². The number of fused-ring (bicyclic) bond motifs is 2. The number of aromatic nitrogens is 3. The lowest BCUT2D eigenvalue weighted by Crippen LogP contribution is -2.50. The van der Waals surface area contributed by atoms with Crippen molar-refractivity contribution in [2.24, 2.45) is 0 Å². The number of aryl methyl sites for hydroxylation is 1. The fourth-order valence-corrected chi connectivity index (χ4v) is 6.92. The summed E-state index contributed by atoms with van der Waals surface area (Å²) in [7, 11) is 0. The summed E-state index contributed by atoms with van der Waals surface area (Å²) >= 11 is 1.99. The van der Waals surface area contributed by atoms with Crippen LogP contribution in [0.3, 0.4) is 0 Å². The lowest BCUT2D eigenvalue weighted by molar-refractivity contribution is -0.130. The lowest BCUT2D eigenvalue weighted by Gasteiger charge is -2.47. The number of ether oxygens (including phenoxy) is 1. The molecular weight excluding hydrogens is 422 g/mol. The highest BCUT2D eigenvalue weighted by Gasteiger charge is 2.44. The first-order valence-electron chi connectivity index (χ1n) is 12.1. The van der Waals surface area contributed by atoms with Gasteiger partial charge in [0, 0.05) is 55.3 Å². The average Bonchev–Trinajstić information content (AvgIpc) is 3.44. The zero-order chi connectivity index (χ0) is 22.3. The van der Waals surface area contributed by atoms with Gasteiger partial charge in [0.05, 0.1) is 30.1 Å². The van der Waals surface area contributed by atoms with Crippen LogP contribution in [0.2, 0.25) is 0 Å². The highest BCUT2D eigenvalue weighted by atomic mass is 32.1. The van der Waals surface area contributed by atoms with Gasteiger partial charge in [-0.05, 0) is 50.7 Å². The van der Waals surface area contributed by atoms with Crippen LogP contribution in [0.4, 0.5) is 0 Å². The average molecular weight is 458 g/mol. The molecule has 1 spiro atoms. The Hall–Kier alpha value is -1.77. The summed E-state index contributed by atoms with van der Waals surface area (Å²) in [5, 5.41) is 8.91. The molecule has 0 saturated carbocycles. The Balaban J connectivity index is 1.24. The molecule has 2 saturated heterocycles. The van der Waals surface area contributed by atoms with E-state index in [1.165, 1.54) is 10.4 Å². The number of likely N-dealkylation sites (tertiary alicyclic amines) is 2. The van der Waals surface area contributed by atoms with Crippen LogP contribution in [0.1, 0.15) is 73.5 Å². The van der Waals surface area contributed by atoms with Crippen molar-refractivity contribution in [3.63, 3.8) is 0 Å². The van der Waals surface area contributed by atoms with E-state index in [-0.39, 0.29) is 17.6 Å². The van der Waals surface area contributed by atoms with Crippen molar-refractivity contribution in [1.82, 2.24) is 24.8 Å². The summed E-state index contributed by atoms with van der Waals surface area (Å²) < 4.78 is 8.47. The smallest absolute Gasteiger partial charge is 0.219 e. The Labute approximate surface area is 194 Å². The second kappa shape index (κ2) is 8.88. The molecule has 3 aliphatic heterocycles. The van der Waals surface area contributed by atoms with Crippen molar-refractivity contribution in [3.05, 3.63) is 33.3 Å². The van der Waals surface area contributed by atoms with Gasteiger partial charge in [-0.1, -0.05) is 12.1 Å². The van der Waals surface area contributed by atoms with Crippen molar-refractivity contribution < 1.29 is 9.53 Å². The van der Waals surface area contributed by atoms with Gasteiger partial charge in [-0.3, -0.25) is 9.69 Å². The first-order chi connectivity index (χ1) is 15.5. The van der Waals surface area contributed by atoms with Crippen LogP contribution in [0.15, 0.2) is 12.3 Å². The van der Waals surface area contributed by atoms with E-state index in [9.17, 15) is 4.79 Å². The molecule has 1 unspecified atom stereocenters. The molecule has 32 heavy (non-hydrogen) atoms. The predicted molar refractivity (Wildman–Crippen MR) is 125 cm³/mol. The Morgan fingerprint density at radius 2 is 2.25 bits per heavy atom. The quantitative estimate of drug-likeness (QED) is 0.703. The van der Waals surface area contributed by atoms with Crippen LogP contribution in [0.5, 0.6) is 0 Å². The highest BCUT2D eigenvalue weighted by molar-refractivity contribution is 7.12. The molecule has 0 N–H and O–H groups in total. The molecule has 2 fully saturated rings. The summed E-state index contributed by atoms with van der Waals surface area (Å²) in [6.07, 6.45) is 8.40. The third-order valence-electron chi connectivity index (χ3n) is 7.60. The Kier molecular flexibility index (Phi) is 6.11. The van der Waals surface area contributed by atoms with Gasteiger partial charge in [-0.25, -0.2) is 4.68 Å². The minimum absolute atomic E-state index is 0.108. The van der Waals surface area contributed by atoms with Crippen molar-refractivity contribution in [2.45, 2.75) is 83.5 Å². The number of carbonyl (C=O) groups is 1. The topological polar surface area (TPSA) is 63.5 Å². The van der Waals surface area contributed by atoms with Gasteiger partial charge in [0.25, 0.3) is 0 Å². The second-order valence-electron chi connectivity index (χ2n) is 9.72. The number of hydrogen-bond acceptors (Lipinski definition) is 6. The molecule has 3 aliphatic rings. The Bertz CT molecular complexity index is 972. The summed E-state index contributed by atoms with van der Waals surface area (Å²) in [5.74, 6) is 0.149. The Morgan fingerprint density at radius 1 is 1.38 bits per heavy atom. The van der Waals surface area contributed by atoms with Crippen LogP contribution in [0, 0.1) is 0 Å². The van der Waals surface area contributed by atoms with Crippen LogP contribution in [0.25, 0.3) is 0 Å². The van der Waals surface area contributed by atoms with E-state index < -0.39 is 0 Å². The molecule has 0 radical (unpaired) electrons. The van der Waals surface area contributed by atoms with Crippen LogP contribution in [-0.4, -0.2) is 63.0 Å². The van der Waals surface area contributed by atoms with E-state index in [4.69, 9.17) is 4.74 Å². The maximum absolute atomic E-state index is 11.8. The molecule has 7 nitrogen and oxygen atoms in total. The fraction of sp³-hybridized carbons (Fsp3) is 0.708. The molecular formula is C24H35N5O2S. The zero-order valence-corrected chi connectivity index (χ0v) is 20.4. The molecule has 2 aromatic rings. The largest absolute Gasteiger partial charge is 0.370 e. The van der Waals surface area contributed by atoms with Gasteiger partial charge in [-0.15, -0.1) is 16.4 Å². The second-order valence-corrected chi connectivity index (χ2v) is 10.9. The maximum atomic E-state index is 11.8. The normalized spacial score (nSPS) is 28.8. The van der Waals surface area contributed by atoms with Crippen molar-refractivity contribution >= 4 is 17.2 Å². The minimum atomic E-state index is -0.108. The van der Waals surface area contributed by atoms with Gasteiger partial charge >= 0.3 is 0 Å². The number of nitrogens with zero attached hydrogens (tertiary/aromatic N) is 5. The third kappa shape index (κ3) is 4.13. The van der Waals surface area contributed by atoms with Crippen molar-refractivity contribution in [3.8, 4) is 0 Å². The van der Waals surface area contributed by atoms with Crippen molar-refractivity contribution in [1.29, 1.82) is 0 Å². The summed E-state index contributed by atoms with van der Waals surface area (Å²) in [6, 6.07) is 3.07. The van der Waals surface area contributed by atoms with E-state index >= 15 is 0 Å². The number of carbonyl (C=O) groups excluding carboxylic acids is 1. The van der Waals surface area contributed by atoms with Crippen molar-refractivity contribution in [2.75, 3.05) is 26.2 Å². The maximum Gasteiger partial charge on any atom is 0.219 e. The number of amides is 1. The monoisotopic (exact) mass is 457 g/mol. The minimum Gasteiger partial charge on any atom is -0.370 e. The number of thiophene rings is 1. The summed E-state index contributed by atoms with van der Waals surface area (Å²) in [5.41, 5.74) is 2.38. The molecule has 0 bridgehead atoms. The standard InChI is InChI=1S/C24H35N5O2S/c1-4-21-12-22-23(32-21)7-11-31-24(22)8-10-27(17(2)13-24)14-19-15-29(26-25-19)20-6-5-9-28(16-20)18(3)30/h12,15,17,20H,4-11,13-14,16H2,1-3H3/t17-,20?,24+/m0/s1. The zero-order valence-electron chi connectivity index (χ0n) is 19.5. The SMILES string of the molecule is CCc1cc2c(s1)CCO[C@@]21CCN(Cc2cn(C3CCCN(C(C)=O)C3)nn2)[C@@H](C)C1. The van der Waals surface area contributed by atoms with Gasteiger partial charge in [-0.2, -0.15) is 0 Å². The highest BCUT2D eigenvalue weighted by Crippen LogP contribution is 2.46. The fourth-order valence-electron chi connectivity index (χ4n) is 5.74. The molecule has 3 atom stereocenters. The molecule has 5 heterocycles. The predicted octanol–water partition coefficient (Wildman–Crippen LogP) is 3.54. The molecule has 174 valence electrons. The van der Waals surface area contributed by atoms with Gasteiger partial charge < -0.3 is 9.64 Å². The van der Waals surface area contributed by atoms with Gasteiger partial charge in [0.15, 0.2) is 0 Å². The third-order valence-corrected chi connectivity index (χ3v) is 8.94. The molecule has 5 rings (SSSR count). The first-order valence-corrected chi connectivity index (χ1v) is 13.0. The van der Waals surface area contributed by atoms with E-state index in [1.807, 2.05) is 20.9 Å². The van der Waals surface area contributed by atoms with Gasteiger partial charge in [0.2, 0.25) is 5.91 Å². The van der Waals surface area contributed by atoms with Crippen LogP contribution in [-0.2, 0) is 34.5 Å². The van der Waals surface area contributed by atoms with E-state index in [2.05, 4.69) is 41.3 Å². The molecule has 0 aliphatic carbocycles. The summed E-state index contributed by atoms with van der Waals surface area (Å²) in [4.78, 5) is 19.2. The molecule has 1 amide bonds. The first kappa shape index (κ1) is 22.0. The molecule has 2 aromatic heterocycles. The summed E-state index contributed by atoms with van der Waals surface area (Å²) in [6.45, 7) is 10.5. The number of piperidine rings is 2. The molecule has 8 heteroatoms. The Morgan fingerprint density at radius 3 is 3.03 bits per heavy atom. The molecule has 0 aromatic carbocycles. The van der Waals surface area contributed by atoms with Crippen LogP contribution < -0.4 is 0 Å². The number of rotatable bonds is 4. The van der Waals surface area contributed by atoms with Gasteiger partial charge in [0.1, 0.15) is 0 Å².